The Morgan fingerprint density at radius 2 is 1.94 bits per heavy atom. The number of Topliss-reactive ketones (excluding diaryl/α,β-unsaturated/α-hetero) is 1. The molecule has 90 valence electrons. The zero-order chi connectivity index (χ0) is 12.8. The van der Waals surface area contributed by atoms with E-state index in [1.165, 1.54) is 6.92 Å². The van der Waals surface area contributed by atoms with Crippen molar-refractivity contribution in [3.05, 3.63) is 24.8 Å². The lowest BCUT2D eigenvalue weighted by Crippen LogP contribution is -2.39. The van der Waals surface area contributed by atoms with Gasteiger partial charge in [-0.05, 0) is 33.6 Å². The van der Waals surface area contributed by atoms with Crippen molar-refractivity contribution >= 4 is 11.8 Å². The summed E-state index contributed by atoms with van der Waals surface area (Å²) >= 11 is 0. The lowest BCUT2D eigenvalue weighted by Gasteiger charge is -2.27. The van der Waals surface area contributed by atoms with Crippen molar-refractivity contribution in [2.75, 3.05) is 6.61 Å². The topological polar surface area (TPSA) is 43.4 Å². The quantitative estimate of drug-likeness (QED) is 0.379. The fourth-order valence-corrected chi connectivity index (χ4v) is 1.67. The van der Waals surface area contributed by atoms with Crippen LogP contribution in [0.4, 0.5) is 0 Å². The van der Waals surface area contributed by atoms with Crippen LogP contribution >= 0.6 is 0 Å². The molecule has 0 amide bonds. The van der Waals surface area contributed by atoms with Gasteiger partial charge in [0.15, 0.2) is 0 Å². The fourth-order valence-electron chi connectivity index (χ4n) is 1.67. The molecule has 0 aliphatic heterocycles. The van der Waals surface area contributed by atoms with Gasteiger partial charge in [-0.3, -0.25) is 9.59 Å². The molecular weight excluding hydrogens is 204 g/mol. The van der Waals surface area contributed by atoms with Crippen LogP contribution in [0.2, 0.25) is 0 Å². The zero-order valence-corrected chi connectivity index (χ0v) is 10.3. The molecule has 0 spiro atoms. The number of allylic oxidation sites excluding steroid dienone is 2. The molecule has 1 atom stereocenters. The summed E-state index contributed by atoms with van der Waals surface area (Å²) in [6.45, 7) is 12.5. The van der Waals surface area contributed by atoms with Gasteiger partial charge in [0, 0.05) is 0 Å². The molecule has 0 radical (unpaired) electrons. The van der Waals surface area contributed by atoms with Crippen molar-refractivity contribution in [3.8, 4) is 0 Å². The summed E-state index contributed by atoms with van der Waals surface area (Å²) in [6.07, 6.45) is 2.17. The summed E-state index contributed by atoms with van der Waals surface area (Å²) in [5, 5.41) is 0. The highest BCUT2D eigenvalue weighted by Crippen LogP contribution is 2.33. The van der Waals surface area contributed by atoms with Gasteiger partial charge in [0.05, 0.1) is 6.61 Å². The van der Waals surface area contributed by atoms with Crippen LogP contribution in [-0.2, 0) is 14.3 Å². The van der Waals surface area contributed by atoms with Gasteiger partial charge in [-0.15, -0.1) is 13.2 Å². The van der Waals surface area contributed by atoms with Gasteiger partial charge < -0.3 is 4.74 Å². The Morgan fingerprint density at radius 1 is 1.38 bits per heavy atom. The van der Waals surface area contributed by atoms with Crippen LogP contribution in [0, 0.1) is 5.41 Å². The second-order valence-corrected chi connectivity index (χ2v) is 3.99. The number of rotatable bonds is 7. The van der Waals surface area contributed by atoms with E-state index in [1.807, 2.05) is 0 Å². The van der Waals surface area contributed by atoms with Gasteiger partial charge in [-0.25, -0.2) is 0 Å². The van der Waals surface area contributed by atoms with Crippen molar-refractivity contribution in [3.63, 3.8) is 0 Å². The van der Waals surface area contributed by atoms with Gasteiger partial charge in [0.25, 0.3) is 0 Å². The van der Waals surface area contributed by atoms with E-state index in [2.05, 4.69) is 13.2 Å². The molecule has 16 heavy (non-hydrogen) atoms. The molecule has 3 nitrogen and oxygen atoms in total. The summed E-state index contributed by atoms with van der Waals surface area (Å²) in [5.74, 6) is -0.681. The number of ketones is 1. The maximum absolute atomic E-state index is 11.9. The smallest absolute Gasteiger partial charge is 0.320 e. The maximum Gasteiger partial charge on any atom is 0.320 e. The largest absolute Gasteiger partial charge is 0.465 e. The van der Waals surface area contributed by atoms with Gasteiger partial charge in [-0.2, -0.15) is 0 Å². The average Bonchev–Trinajstić information content (AvgIpc) is 2.16. The zero-order valence-electron chi connectivity index (χ0n) is 10.3. The molecule has 0 heterocycles. The van der Waals surface area contributed by atoms with Gasteiger partial charge in [0.1, 0.15) is 11.2 Å². The van der Waals surface area contributed by atoms with E-state index in [0.717, 1.165) is 5.57 Å². The Bertz CT molecular complexity index is 304. The minimum atomic E-state index is -1.14. The van der Waals surface area contributed by atoms with Crippen LogP contribution in [-0.4, -0.2) is 18.4 Å². The third-order valence-corrected chi connectivity index (χ3v) is 2.44. The molecule has 0 rings (SSSR count). The normalized spacial score (nSPS) is 13.7. The third-order valence-electron chi connectivity index (χ3n) is 2.44. The molecule has 0 aromatic carbocycles. The first-order valence-electron chi connectivity index (χ1n) is 5.34. The predicted molar refractivity (Wildman–Crippen MR) is 64.0 cm³/mol. The Balaban J connectivity index is 5.23. The van der Waals surface area contributed by atoms with Crippen LogP contribution < -0.4 is 0 Å². The van der Waals surface area contributed by atoms with E-state index < -0.39 is 11.4 Å². The second-order valence-electron chi connectivity index (χ2n) is 3.99. The molecular formula is C13H20O3. The standard InChI is InChI=1S/C13H20O3/c1-6-8-13(11(5)14,9-10(3)4)12(15)16-7-2/h6H,1,3,7-9H2,2,4-5H3. The maximum atomic E-state index is 11.9. The first-order valence-corrected chi connectivity index (χ1v) is 5.34. The van der Waals surface area contributed by atoms with Crippen LogP contribution in [0.3, 0.4) is 0 Å². The highest BCUT2D eigenvalue weighted by molar-refractivity contribution is 6.03. The van der Waals surface area contributed by atoms with Gasteiger partial charge in [0.2, 0.25) is 0 Å². The summed E-state index contributed by atoms with van der Waals surface area (Å²) in [7, 11) is 0. The van der Waals surface area contributed by atoms with E-state index in [0.29, 0.717) is 6.42 Å². The van der Waals surface area contributed by atoms with Crippen LogP contribution in [0.5, 0.6) is 0 Å². The van der Waals surface area contributed by atoms with Crippen molar-refractivity contribution in [2.24, 2.45) is 5.41 Å². The van der Waals surface area contributed by atoms with E-state index in [9.17, 15) is 9.59 Å². The van der Waals surface area contributed by atoms with Crippen molar-refractivity contribution < 1.29 is 14.3 Å². The van der Waals surface area contributed by atoms with Crippen molar-refractivity contribution in [1.29, 1.82) is 0 Å². The van der Waals surface area contributed by atoms with E-state index in [4.69, 9.17) is 4.74 Å². The molecule has 0 bridgehead atoms. The number of hydrogen-bond acceptors (Lipinski definition) is 3. The van der Waals surface area contributed by atoms with Crippen molar-refractivity contribution in [2.45, 2.75) is 33.6 Å². The van der Waals surface area contributed by atoms with Crippen LogP contribution in [0.1, 0.15) is 33.6 Å². The molecule has 0 aliphatic carbocycles. The second kappa shape index (κ2) is 6.26. The Morgan fingerprint density at radius 3 is 2.25 bits per heavy atom. The summed E-state index contributed by atoms with van der Waals surface area (Å²) in [6, 6.07) is 0. The molecule has 0 saturated carbocycles. The monoisotopic (exact) mass is 224 g/mol. The molecule has 0 aromatic rings. The lowest BCUT2D eigenvalue weighted by molar-refractivity contribution is -0.159. The van der Waals surface area contributed by atoms with Gasteiger partial charge >= 0.3 is 5.97 Å². The molecule has 0 aliphatic rings. The molecule has 0 saturated heterocycles. The molecule has 3 heteroatoms. The van der Waals surface area contributed by atoms with E-state index in [-0.39, 0.29) is 18.8 Å². The number of carbonyl (C=O) groups excluding carboxylic acids is 2. The van der Waals surface area contributed by atoms with Crippen LogP contribution in [0.15, 0.2) is 24.8 Å². The minimum absolute atomic E-state index is 0.200. The highest BCUT2D eigenvalue weighted by Gasteiger charge is 2.43. The average molecular weight is 224 g/mol. The minimum Gasteiger partial charge on any atom is -0.465 e. The molecule has 1 unspecified atom stereocenters. The first-order chi connectivity index (χ1) is 7.40. The predicted octanol–water partition coefficient (Wildman–Crippen LogP) is 2.67. The summed E-state index contributed by atoms with van der Waals surface area (Å²) in [4.78, 5) is 23.6. The van der Waals surface area contributed by atoms with Crippen molar-refractivity contribution in [1.82, 2.24) is 0 Å². The molecule has 0 aromatic heterocycles. The van der Waals surface area contributed by atoms with Gasteiger partial charge in [-0.1, -0.05) is 11.6 Å². The number of ether oxygens (including phenoxy) is 1. The third kappa shape index (κ3) is 3.33. The molecule has 0 fully saturated rings. The van der Waals surface area contributed by atoms with E-state index >= 15 is 0 Å². The Hall–Kier alpha value is -1.38. The van der Waals surface area contributed by atoms with E-state index in [1.54, 1.807) is 19.9 Å². The molecule has 0 N–H and O–H groups in total. The number of hydrogen-bond donors (Lipinski definition) is 0. The number of esters is 1. The lowest BCUT2D eigenvalue weighted by atomic mass is 9.76. The SMILES string of the molecule is C=CCC(CC(=C)C)(C(C)=O)C(=O)OCC. The Labute approximate surface area is 97.2 Å². The highest BCUT2D eigenvalue weighted by atomic mass is 16.5. The Kier molecular flexibility index (Phi) is 5.72. The number of carbonyl (C=O) groups is 2. The fraction of sp³-hybridized carbons (Fsp3) is 0.538. The summed E-state index contributed by atoms with van der Waals surface area (Å²) in [5.41, 5.74) is -0.353. The first kappa shape index (κ1) is 14.6. The summed E-state index contributed by atoms with van der Waals surface area (Å²) < 4.78 is 4.97. The van der Waals surface area contributed by atoms with Crippen LogP contribution in [0.25, 0.3) is 0 Å².